The molecule has 1 saturated carbocycles. The molecule has 52 heavy (non-hydrogen) atoms. The topological polar surface area (TPSA) is 133 Å². The molecule has 11 nitrogen and oxygen atoms in total. The number of carbonyl (C=O) groups excluding carboxylic acids is 4. The SMILES string of the molecule is C=C(C)C(=O)OCCOCCOCCOC(=O)Oc1ccc(OC(=O)c2ccc(-c3ccc(C(=O)OC4CC(C)CCC4C(C)C)cc3)cc2)cc1. The first kappa shape index (κ1) is 39.8. The van der Waals surface area contributed by atoms with E-state index in [1.807, 2.05) is 24.3 Å². The van der Waals surface area contributed by atoms with E-state index in [1.165, 1.54) is 30.7 Å². The molecule has 0 aliphatic heterocycles. The van der Waals surface area contributed by atoms with E-state index in [4.69, 9.17) is 33.2 Å². The Bertz CT molecular complexity index is 1630. The quantitative estimate of drug-likeness (QED) is 0.0338. The molecule has 0 aromatic heterocycles. The second-order valence-electron chi connectivity index (χ2n) is 13.1. The Kier molecular flexibility index (Phi) is 15.4. The Morgan fingerprint density at radius 1 is 0.673 bits per heavy atom. The summed E-state index contributed by atoms with van der Waals surface area (Å²) in [5, 5.41) is 0. The van der Waals surface area contributed by atoms with Gasteiger partial charge >= 0.3 is 24.1 Å². The number of benzene rings is 3. The van der Waals surface area contributed by atoms with Gasteiger partial charge in [0.15, 0.2) is 0 Å². The largest absolute Gasteiger partial charge is 0.513 e. The molecule has 0 spiro atoms. The van der Waals surface area contributed by atoms with E-state index in [2.05, 4.69) is 27.4 Å². The van der Waals surface area contributed by atoms with Crippen LogP contribution in [0.1, 0.15) is 67.7 Å². The molecule has 1 aliphatic carbocycles. The maximum Gasteiger partial charge on any atom is 0.513 e. The fraction of sp³-hybridized carbons (Fsp3) is 0.415. The van der Waals surface area contributed by atoms with Crippen molar-refractivity contribution in [3.8, 4) is 22.6 Å². The predicted octanol–water partition coefficient (Wildman–Crippen LogP) is 7.86. The smallest absolute Gasteiger partial charge is 0.460 e. The monoisotopic (exact) mass is 716 g/mol. The van der Waals surface area contributed by atoms with Gasteiger partial charge in [-0.05, 0) is 97.2 Å². The molecular formula is C41H48O11. The molecule has 1 fully saturated rings. The minimum Gasteiger partial charge on any atom is -0.460 e. The first-order chi connectivity index (χ1) is 25.0. The van der Waals surface area contributed by atoms with E-state index < -0.39 is 18.1 Å². The van der Waals surface area contributed by atoms with Crippen LogP contribution in [-0.4, -0.2) is 69.8 Å². The summed E-state index contributed by atoms with van der Waals surface area (Å²) in [4.78, 5) is 49.0. The molecule has 3 aromatic carbocycles. The first-order valence-corrected chi connectivity index (χ1v) is 17.6. The fourth-order valence-corrected chi connectivity index (χ4v) is 5.74. The van der Waals surface area contributed by atoms with Gasteiger partial charge in [-0.1, -0.05) is 58.0 Å². The van der Waals surface area contributed by atoms with Gasteiger partial charge in [-0.3, -0.25) is 0 Å². The van der Waals surface area contributed by atoms with Crippen LogP contribution in [-0.2, 0) is 28.5 Å². The maximum absolute atomic E-state index is 13.0. The molecule has 4 rings (SSSR count). The Hall–Kier alpha value is -5.00. The molecule has 11 heteroatoms. The van der Waals surface area contributed by atoms with Crippen LogP contribution in [0.2, 0.25) is 0 Å². The molecule has 0 amide bonds. The highest BCUT2D eigenvalue weighted by atomic mass is 16.7. The highest BCUT2D eigenvalue weighted by Crippen LogP contribution is 2.36. The van der Waals surface area contributed by atoms with Crippen LogP contribution in [0.4, 0.5) is 4.79 Å². The Balaban J connectivity index is 1.15. The van der Waals surface area contributed by atoms with Gasteiger partial charge in [-0.15, -0.1) is 0 Å². The number of hydrogen-bond acceptors (Lipinski definition) is 11. The van der Waals surface area contributed by atoms with Crippen molar-refractivity contribution in [1.29, 1.82) is 0 Å². The third kappa shape index (κ3) is 12.6. The Morgan fingerprint density at radius 3 is 1.71 bits per heavy atom. The summed E-state index contributed by atoms with van der Waals surface area (Å²) < 4.78 is 37.1. The molecule has 278 valence electrons. The van der Waals surface area contributed by atoms with E-state index in [0.29, 0.717) is 34.5 Å². The first-order valence-electron chi connectivity index (χ1n) is 17.6. The fourth-order valence-electron chi connectivity index (χ4n) is 5.74. The van der Waals surface area contributed by atoms with Crippen molar-refractivity contribution in [1.82, 2.24) is 0 Å². The molecule has 0 saturated heterocycles. The molecule has 0 heterocycles. The van der Waals surface area contributed by atoms with Gasteiger partial charge in [0.1, 0.15) is 30.8 Å². The molecule has 3 unspecified atom stereocenters. The molecule has 1 aliphatic rings. The summed E-state index contributed by atoms with van der Waals surface area (Å²) in [7, 11) is 0. The van der Waals surface area contributed by atoms with E-state index >= 15 is 0 Å². The number of esters is 3. The standard InChI is InChI=1S/C41H48O11/c1-27(2)36-19-6-29(5)26-37(36)52-40(44)33-13-9-31(10-14-33)30-7-11-32(12-8-30)39(43)50-34-15-17-35(18-16-34)51-41(45)49-25-23-47-21-20-46-22-24-48-38(42)28(3)4/h7-18,27,29,36-37H,3,6,19-26H2,1-2,4-5H3. The summed E-state index contributed by atoms with van der Waals surface area (Å²) >= 11 is 0. The Morgan fingerprint density at radius 2 is 1.17 bits per heavy atom. The predicted molar refractivity (Wildman–Crippen MR) is 193 cm³/mol. The average molecular weight is 717 g/mol. The number of rotatable bonds is 17. The van der Waals surface area contributed by atoms with Crippen molar-refractivity contribution in [3.05, 3.63) is 96.1 Å². The van der Waals surface area contributed by atoms with Crippen LogP contribution in [0.25, 0.3) is 11.1 Å². The van der Waals surface area contributed by atoms with Crippen LogP contribution in [0, 0.1) is 17.8 Å². The molecular weight excluding hydrogens is 668 g/mol. The van der Waals surface area contributed by atoms with Gasteiger partial charge in [-0.25, -0.2) is 19.2 Å². The highest BCUT2D eigenvalue weighted by Gasteiger charge is 2.33. The lowest BCUT2D eigenvalue weighted by atomic mass is 9.75. The van der Waals surface area contributed by atoms with Crippen molar-refractivity contribution in [2.45, 2.75) is 53.1 Å². The van der Waals surface area contributed by atoms with Gasteiger partial charge < -0.3 is 33.2 Å². The van der Waals surface area contributed by atoms with Crippen molar-refractivity contribution in [2.75, 3.05) is 39.6 Å². The highest BCUT2D eigenvalue weighted by molar-refractivity contribution is 5.92. The third-order valence-corrected chi connectivity index (χ3v) is 8.66. The molecule has 0 N–H and O–H groups in total. The van der Waals surface area contributed by atoms with Crippen molar-refractivity contribution >= 4 is 24.1 Å². The zero-order chi connectivity index (χ0) is 37.5. The summed E-state index contributed by atoms with van der Waals surface area (Å²) in [6.45, 7) is 12.7. The van der Waals surface area contributed by atoms with Gasteiger partial charge in [-0.2, -0.15) is 0 Å². The van der Waals surface area contributed by atoms with E-state index in [1.54, 1.807) is 31.2 Å². The second kappa shape index (κ2) is 20.1. The zero-order valence-electron chi connectivity index (χ0n) is 30.3. The zero-order valence-corrected chi connectivity index (χ0v) is 30.3. The Labute approximate surface area is 305 Å². The molecule has 3 atom stereocenters. The average Bonchev–Trinajstić information content (AvgIpc) is 3.13. The molecule has 3 aromatic rings. The molecule has 0 bridgehead atoms. The van der Waals surface area contributed by atoms with Crippen LogP contribution >= 0.6 is 0 Å². The minimum atomic E-state index is -0.910. The van der Waals surface area contributed by atoms with Crippen molar-refractivity contribution in [3.63, 3.8) is 0 Å². The van der Waals surface area contributed by atoms with Crippen molar-refractivity contribution < 1.29 is 52.3 Å². The van der Waals surface area contributed by atoms with Gasteiger partial charge in [0.05, 0.1) is 37.6 Å². The number of ether oxygens (including phenoxy) is 7. The van der Waals surface area contributed by atoms with Crippen LogP contribution in [0.3, 0.4) is 0 Å². The maximum atomic E-state index is 13.0. The minimum absolute atomic E-state index is 0.0256. The van der Waals surface area contributed by atoms with Gasteiger partial charge in [0, 0.05) is 5.57 Å². The normalized spacial score (nSPS) is 16.8. The second-order valence-corrected chi connectivity index (χ2v) is 13.1. The molecule has 0 radical (unpaired) electrons. The lowest BCUT2D eigenvalue weighted by molar-refractivity contribution is -0.140. The van der Waals surface area contributed by atoms with Crippen molar-refractivity contribution in [2.24, 2.45) is 17.8 Å². The van der Waals surface area contributed by atoms with E-state index in [0.717, 1.165) is 24.0 Å². The van der Waals surface area contributed by atoms with Crippen LogP contribution in [0.5, 0.6) is 11.5 Å². The van der Waals surface area contributed by atoms with Gasteiger partial charge in [0.2, 0.25) is 0 Å². The van der Waals surface area contributed by atoms with Crippen LogP contribution < -0.4 is 9.47 Å². The number of hydrogen-bond donors (Lipinski definition) is 0. The van der Waals surface area contributed by atoms with E-state index in [9.17, 15) is 19.2 Å². The summed E-state index contributed by atoms with van der Waals surface area (Å²) in [5.41, 5.74) is 2.96. The van der Waals surface area contributed by atoms with E-state index in [-0.39, 0.29) is 63.2 Å². The number of carbonyl (C=O) groups is 4. The van der Waals surface area contributed by atoms with Gasteiger partial charge in [0.25, 0.3) is 0 Å². The third-order valence-electron chi connectivity index (χ3n) is 8.66. The lowest BCUT2D eigenvalue weighted by Gasteiger charge is -2.36. The summed E-state index contributed by atoms with van der Waals surface area (Å²) in [6, 6.07) is 20.2. The lowest BCUT2D eigenvalue weighted by Crippen LogP contribution is -2.35. The summed E-state index contributed by atoms with van der Waals surface area (Å²) in [5.74, 6) is 0.549. The summed E-state index contributed by atoms with van der Waals surface area (Å²) in [6.07, 6.45) is 2.18. The van der Waals surface area contributed by atoms with Crippen LogP contribution in [0.15, 0.2) is 84.9 Å².